The summed E-state index contributed by atoms with van der Waals surface area (Å²) < 4.78 is 5.46. The van der Waals surface area contributed by atoms with E-state index in [2.05, 4.69) is 20.6 Å². The lowest BCUT2D eigenvalue weighted by molar-refractivity contribution is 0.309. The van der Waals surface area contributed by atoms with Crippen LogP contribution in [0.4, 0.5) is 0 Å². The van der Waals surface area contributed by atoms with Crippen molar-refractivity contribution >= 4 is 41.5 Å². The van der Waals surface area contributed by atoms with Crippen molar-refractivity contribution in [3.05, 3.63) is 23.4 Å². The van der Waals surface area contributed by atoms with E-state index in [0.717, 1.165) is 5.96 Å². The zero-order chi connectivity index (χ0) is 12.8. The number of halogens is 2. The Kier molecular flexibility index (Phi) is 7.22. The quantitative estimate of drug-likeness (QED) is 0.346. The van der Waals surface area contributed by atoms with E-state index in [9.17, 15) is 0 Å². The molecule has 0 aromatic carbocycles. The second-order valence-corrected chi connectivity index (χ2v) is 4.52. The largest absolute Gasteiger partial charge is 0.476 e. The number of pyridine rings is 1. The van der Waals surface area contributed by atoms with E-state index < -0.39 is 0 Å². The highest BCUT2D eigenvalue weighted by atomic mass is 127. The van der Waals surface area contributed by atoms with Gasteiger partial charge in [0.15, 0.2) is 5.96 Å². The minimum absolute atomic E-state index is 0. The molecule has 7 heteroatoms. The molecule has 1 heterocycles. The molecular weight excluding hydrogens is 379 g/mol. The Morgan fingerprint density at radius 1 is 1.53 bits per heavy atom. The molecule has 106 valence electrons. The monoisotopic (exact) mass is 396 g/mol. The van der Waals surface area contributed by atoms with Crippen molar-refractivity contribution in [2.75, 3.05) is 20.2 Å². The predicted molar refractivity (Wildman–Crippen MR) is 87.7 cm³/mol. The number of guanidine groups is 1. The van der Waals surface area contributed by atoms with Gasteiger partial charge in [0.1, 0.15) is 6.61 Å². The molecule has 0 radical (unpaired) electrons. The maximum absolute atomic E-state index is 5.73. The van der Waals surface area contributed by atoms with Crippen LogP contribution in [-0.2, 0) is 0 Å². The lowest BCUT2D eigenvalue weighted by Gasteiger charge is -2.11. The number of aliphatic imine (C=N–C) groups is 1. The molecule has 19 heavy (non-hydrogen) atoms. The molecule has 1 aromatic heterocycles. The zero-order valence-electron chi connectivity index (χ0n) is 10.7. The summed E-state index contributed by atoms with van der Waals surface area (Å²) in [6.07, 6.45) is 4.02. The van der Waals surface area contributed by atoms with Crippen LogP contribution in [0.2, 0.25) is 5.02 Å². The van der Waals surface area contributed by atoms with Crippen molar-refractivity contribution in [2.24, 2.45) is 4.99 Å². The smallest absolute Gasteiger partial charge is 0.213 e. The summed E-state index contributed by atoms with van der Waals surface area (Å²) >= 11 is 5.73. The number of aromatic nitrogens is 1. The third-order valence-corrected chi connectivity index (χ3v) is 2.71. The summed E-state index contributed by atoms with van der Waals surface area (Å²) in [6, 6.07) is 4.10. The van der Waals surface area contributed by atoms with E-state index in [-0.39, 0.29) is 24.0 Å². The first-order chi connectivity index (χ1) is 8.78. The topological polar surface area (TPSA) is 58.5 Å². The molecule has 0 saturated heterocycles. The molecule has 0 unspecified atom stereocenters. The van der Waals surface area contributed by atoms with Crippen molar-refractivity contribution in [1.82, 2.24) is 15.6 Å². The van der Waals surface area contributed by atoms with E-state index in [1.54, 1.807) is 25.4 Å². The number of hydrogen-bond acceptors (Lipinski definition) is 3. The summed E-state index contributed by atoms with van der Waals surface area (Å²) in [4.78, 5) is 8.18. The average Bonchev–Trinajstić information content (AvgIpc) is 3.19. The van der Waals surface area contributed by atoms with Crippen LogP contribution < -0.4 is 15.4 Å². The molecule has 5 nitrogen and oxygen atoms in total. The first kappa shape index (κ1) is 16.3. The van der Waals surface area contributed by atoms with Gasteiger partial charge in [-0.3, -0.25) is 4.99 Å². The standard InChI is InChI=1S/C12H17ClN4O.HI/c1-14-12(17-10-3-4-10)15-6-7-18-11-5-2-9(13)8-16-11;/h2,5,8,10H,3-4,6-7H2,1H3,(H2,14,15,17);1H. The Labute approximate surface area is 135 Å². The fraction of sp³-hybridized carbons (Fsp3) is 0.500. The maximum Gasteiger partial charge on any atom is 0.213 e. The molecule has 1 aliphatic rings. The molecule has 0 amide bonds. The van der Waals surface area contributed by atoms with Crippen molar-refractivity contribution in [3.63, 3.8) is 0 Å². The lowest BCUT2D eigenvalue weighted by Crippen LogP contribution is -2.40. The van der Waals surface area contributed by atoms with Gasteiger partial charge in [0.25, 0.3) is 0 Å². The number of hydrogen-bond donors (Lipinski definition) is 2. The summed E-state index contributed by atoms with van der Waals surface area (Å²) in [6.45, 7) is 1.21. The Bertz CT molecular complexity index is 409. The molecular formula is C12H18ClIN4O. The number of rotatable bonds is 5. The summed E-state index contributed by atoms with van der Waals surface area (Å²) in [5.74, 6) is 1.40. The maximum atomic E-state index is 5.73. The number of nitrogens with one attached hydrogen (secondary N) is 2. The van der Waals surface area contributed by atoms with E-state index in [0.29, 0.717) is 30.1 Å². The Morgan fingerprint density at radius 3 is 2.89 bits per heavy atom. The van der Waals surface area contributed by atoms with Gasteiger partial charge in [-0.2, -0.15) is 0 Å². The SMILES string of the molecule is CN=C(NCCOc1ccc(Cl)cn1)NC1CC1.I. The fourth-order valence-electron chi connectivity index (χ4n) is 1.39. The van der Waals surface area contributed by atoms with Gasteiger partial charge in [0.2, 0.25) is 5.88 Å². The van der Waals surface area contributed by atoms with Crippen molar-refractivity contribution in [2.45, 2.75) is 18.9 Å². The molecule has 2 N–H and O–H groups in total. The van der Waals surface area contributed by atoms with Gasteiger partial charge in [-0.05, 0) is 18.9 Å². The van der Waals surface area contributed by atoms with Crippen LogP contribution in [0, 0.1) is 0 Å². The molecule has 0 spiro atoms. The third-order valence-electron chi connectivity index (χ3n) is 2.49. The van der Waals surface area contributed by atoms with Crippen LogP contribution in [-0.4, -0.2) is 37.2 Å². The Balaban J connectivity index is 0.00000180. The molecule has 0 bridgehead atoms. The first-order valence-electron chi connectivity index (χ1n) is 5.99. The minimum Gasteiger partial charge on any atom is -0.476 e. The van der Waals surface area contributed by atoms with E-state index in [1.807, 2.05) is 0 Å². The molecule has 0 atom stereocenters. The fourth-order valence-corrected chi connectivity index (χ4v) is 1.50. The normalized spacial score (nSPS) is 14.5. The lowest BCUT2D eigenvalue weighted by atomic mass is 10.5. The first-order valence-corrected chi connectivity index (χ1v) is 6.37. The Morgan fingerprint density at radius 2 is 2.32 bits per heavy atom. The van der Waals surface area contributed by atoms with Crippen LogP contribution in [0.15, 0.2) is 23.3 Å². The van der Waals surface area contributed by atoms with Gasteiger partial charge < -0.3 is 15.4 Å². The Hall–Kier alpha value is -0.760. The second kappa shape index (κ2) is 8.42. The van der Waals surface area contributed by atoms with Crippen molar-refractivity contribution in [3.8, 4) is 5.88 Å². The molecule has 0 aliphatic heterocycles. The van der Waals surface area contributed by atoms with Crippen LogP contribution in [0.1, 0.15) is 12.8 Å². The van der Waals surface area contributed by atoms with Crippen molar-refractivity contribution < 1.29 is 4.74 Å². The van der Waals surface area contributed by atoms with Gasteiger partial charge in [0, 0.05) is 25.4 Å². The number of nitrogens with zero attached hydrogens (tertiary/aromatic N) is 2. The van der Waals surface area contributed by atoms with Crippen LogP contribution in [0.3, 0.4) is 0 Å². The van der Waals surface area contributed by atoms with E-state index in [4.69, 9.17) is 16.3 Å². The molecule has 1 aromatic rings. The predicted octanol–water partition coefficient (Wildman–Crippen LogP) is 2.06. The van der Waals surface area contributed by atoms with Gasteiger partial charge in [-0.25, -0.2) is 4.98 Å². The second-order valence-electron chi connectivity index (χ2n) is 4.08. The van der Waals surface area contributed by atoms with Gasteiger partial charge in [-0.1, -0.05) is 11.6 Å². The summed E-state index contributed by atoms with van der Waals surface area (Å²) in [7, 11) is 1.76. The molecule has 1 fully saturated rings. The highest BCUT2D eigenvalue weighted by Gasteiger charge is 2.21. The zero-order valence-corrected chi connectivity index (χ0v) is 13.8. The highest BCUT2D eigenvalue weighted by Crippen LogP contribution is 2.18. The van der Waals surface area contributed by atoms with Gasteiger partial charge in [-0.15, -0.1) is 24.0 Å². The van der Waals surface area contributed by atoms with Gasteiger partial charge in [0.05, 0.1) is 11.6 Å². The summed E-state index contributed by atoms with van der Waals surface area (Å²) in [5, 5.41) is 7.09. The summed E-state index contributed by atoms with van der Waals surface area (Å²) in [5.41, 5.74) is 0. The molecule has 1 aliphatic carbocycles. The molecule has 2 rings (SSSR count). The van der Waals surface area contributed by atoms with Gasteiger partial charge >= 0.3 is 0 Å². The van der Waals surface area contributed by atoms with E-state index in [1.165, 1.54) is 12.8 Å². The third kappa shape index (κ3) is 6.29. The highest BCUT2D eigenvalue weighted by molar-refractivity contribution is 14.0. The minimum atomic E-state index is 0. The average molecular weight is 397 g/mol. The van der Waals surface area contributed by atoms with Crippen LogP contribution in [0.25, 0.3) is 0 Å². The van der Waals surface area contributed by atoms with E-state index >= 15 is 0 Å². The van der Waals surface area contributed by atoms with Crippen LogP contribution in [0.5, 0.6) is 5.88 Å². The molecule has 1 saturated carbocycles. The van der Waals surface area contributed by atoms with Crippen LogP contribution >= 0.6 is 35.6 Å². The van der Waals surface area contributed by atoms with Crippen molar-refractivity contribution in [1.29, 1.82) is 0 Å². The number of ether oxygens (including phenoxy) is 1.